The van der Waals surface area contributed by atoms with Crippen LogP contribution in [0.1, 0.15) is 32.6 Å². The van der Waals surface area contributed by atoms with Gasteiger partial charge in [0.2, 0.25) is 5.91 Å². The summed E-state index contributed by atoms with van der Waals surface area (Å²) in [7, 11) is 3.36. The number of piperidine rings is 1. The van der Waals surface area contributed by atoms with E-state index in [0.29, 0.717) is 19.8 Å². The summed E-state index contributed by atoms with van der Waals surface area (Å²) in [6.45, 7) is 6.53. The first-order valence-electron chi connectivity index (χ1n) is 7.68. The second-order valence-electron chi connectivity index (χ2n) is 5.60. The topological polar surface area (TPSA) is 50.8 Å². The lowest BCUT2D eigenvalue weighted by atomic mass is 9.78. The van der Waals surface area contributed by atoms with Crippen LogP contribution in [-0.2, 0) is 14.3 Å². The Labute approximate surface area is 123 Å². The van der Waals surface area contributed by atoms with Crippen molar-refractivity contribution in [1.82, 2.24) is 10.2 Å². The molecule has 1 amide bonds. The third-order valence-corrected chi connectivity index (χ3v) is 4.07. The molecule has 1 aliphatic heterocycles. The quantitative estimate of drug-likeness (QED) is 0.694. The number of methoxy groups -OCH3 is 2. The number of nitrogens with zero attached hydrogens (tertiary/aromatic N) is 1. The van der Waals surface area contributed by atoms with Gasteiger partial charge in [0.25, 0.3) is 0 Å². The van der Waals surface area contributed by atoms with E-state index >= 15 is 0 Å². The summed E-state index contributed by atoms with van der Waals surface area (Å²) in [5, 5.41) is 3.33. The van der Waals surface area contributed by atoms with E-state index in [9.17, 15) is 4.79 Å². The van der Waals surface area contributed by atoms with Crippen LogP contribution >= 0.6 is 0 Å². The average molecular weight is 286 g/mol. The third kappa shape index (κ3) is 4.72. The largest absolute Gasteiger partial charge is 0.384 e. The van der Waals surface area contributed by atoms with E-state index in [0.717, 1.165) is 45.3 Å². The lowest BCUT2D eigenvalue weighted by Gasteiger charge is -2.39. The zero-order valence-corrected chi connectivity index (χ0v) is 13.2. The number of rotatable bonds is 9. The molecule has 0 aromatic rings. The zero-order chi connectivity index (χ0) is 14.8. The summed E-state index contributed by atoms with van der Waals surface area (Å²) in [6, 6.07) is 0. The molecule has 5 heteroatoms. The summed E-state index contributed by atoms with van der Waals surface area (Å²) < 4.78 is 10.5. The maximum absolute atomic E-state index is 13.0. The summed E-state index contributed by atoms with van der Waals surface area (Å²) in [5.41, 5.74) is -0.346. The smallest absolute Gasteiger partial charge is 0.231 e. The standard InChI is InChI=1S/C15H30N2O3/c1-4-5-10-17(11-12-19-2)14(18)15(13-20-3)6-8-16-9-7-15/h16H,4-13H2,1-3H3. The first-order chi connectivity index (χ1) is 9.70. The van der Waals surface area contributed by atoms with Crippen molar-refractivity contribution in [1.29, 1.82) is 0 Å². The molecule has 118 valence electrons. The Kier molecular flexibility index (Phi) is 8.11. The van der Waals surface area contributed by atoms with E-state index in [-0.39, 0.29) is 11.3 Å². The van der Waals surface area contributed by atoms with E-state index < -0.39 is 0 Å². The van der Waals surface area contributed by atoms with Crippen molar-refractivity contribution >= 4 is 5.91 Å². The molecule has 1 heterocycles. The second-order valence-corrected chi connectivity index (χ2v) is 5.60. The number of hydrogen-bond donors (Lipinski definition) is 1. The Bertz CT molecular complexity index is 265. The van der Waals surface area contributed by atoms with Gasteiger partial charge in [-0.05, 0) is 32.4 Å². The van der Waals surface area contributed by atoms with Crippen molar-refractivity contribution < 1.29 is 14.3 Å². The van der Waals surface area contributed by atoms with E-state index in [2.05, 4.69) is 12.2 Å². The summed E-state index contributed by atoms with van der Waals surface area (Å²) in [4.78, 5) is 15.0. The first kappa shape index (κ1) is 17.4. The van der Waals surface area contributed by atoms with Gasteiger partial charge in [0.15, 0.2) is 0 Å². The molecule has 1 rings (SSSR count). The highest BCUT2D eigenvalue weighted by Crippen LogP contribution is 2.31. The van der Waals surface area contributed by atoms with Gasteiger partial charge in [0, 0.05) is 27.3 Å². The van der Waals surface area contributed by atoms with Crippen LogP contribution in [0, 0.1) is 5.41 Å². The first-order valence-corrected chi connectivity index (χ1v) is 7.68. The molecule has 0 radical (unpaired) electrons. The number of carbonyl (C=O) groups is 1. The fourth-order valence-corrected chi connectivity index (χ4v) is 2.80. The molecule has 1 fully saturated rings. The van der Waals surface area contributed by atoms with E-state index in [1.165, 1.54) is 0 Å². The molecule has 5 nitrogen and oxygen atoms in total. The van der Waals surface area contributed by atoms with Gasteiger partial charge < -0.3 is 19.7 Å². The number of carbonyl (C=O) groups excluding carboxylic acids is 1. The summed E-state index contributed by atoms with van der Waals surface area (Å²) in [5.74, 6) is 0.242. The molecule has 1 aliphatic rings. The van der Waals surface area contributed by atoms with E-state index in [1.54, 1.807) is 14.2 Å². The van der Waals surface area contributed by atoms with Gasteiger partial charge in [-0.25, -0.2) is 0 Å². The number of nitrogens with one attached hydrogen (secondary N) is 1. The Morgan fingerprint density at radius 3 is 2.45 bits per heavy atom. The molecule has 0 bridgehead atoms. The number of hydrogen-bond acceptors (Lipinski definition) is 4. The van der Waals surface area contributed by atoms with Crippen LogP contribution in [0.2, 0.25) is 0 Å². The fourth-order valence-electron chi connectivity index (χ4n) is 2.80. The van der Waals surface area contributed by atoms with Gasteiger partial charge in [-0.2, -0.15) is 0 Å². The summed E-state index contributed by atoms with van der Waals surface area (Å²) >= 11 is 0. The molecule has 20 heavy (non-hydrogen) atoms. The third-order valence-electron chi connectivity index (χ3n) is 4.07. The maximum atomic E-state index is 13.0. The highest BCUT2D eigenvalue weighted by Gasteiger charge is 2.41. The predicted molar refractivity (Wildman–Crippen MR) is 79.8 cm³/mol. The molecule has 0 aromatic heterocycles. The lowest BCUT2D eigenvalue weighted by Crippen LogP contribution is -2.52. The van der Waals surface area contributed by atoms with Crippen molar-refractivity contribution in [3.05, 3.63) is 0 Å². The van der Waals surface area contributed by atoms with Gasteiger partial charge in [-0.1, -0.05) is 13.3 Å². The van der Waals surface area contributed by atoms with Gasteiger partial charge in [-0.3, -0.25) is 4.79 Å². The fraction of sp³-hybridized carbons (Fsp3) is 0.933. The highest BCUT2D eigenvalue weighted by atomic mass is 16.5. The second kappa shape index (κ2) is 9.32. The number of ether oxygens (including phenoxy) is 2. The molecule has 0 spiro atoms. The van der Waals surface area contributed by atoms with Crippen molar-refractivity contribution in [3.8, 4) is 0 Å². The van der Waals surface area contributed by atoms with Gasteiger partial charge >= 0.3 is 0 Å². The molecule has 0 aromatic carbocycles. The Morgan fingerprint density at radius 1 is 1.20 bits per heavy atom. The minimum Gasteiger partial charge on any atom is -0.384 e. The van der Waals surface area contributed by atoms with E-state index in [4.69, 9.17) is 9.47 Å². The Morgan fingerprint density at radius 2 is 1.90 bits per heavy atom. The van der Waals surface area contributed by atoms with E-state index in [1.807, 2.05) is 4.90 Å². The van der Waals surface area contributed by atoms with Crippen LogP contribution in [0.15, 0.2) is 0 Å². The molecular formula is C15H30N2O3. The van der Waals surface area contributed by atoms with Gasteiger partial charge in [0.1, 0.15) is 0 Å². The summed E-state index contributed by atoms with van der Waals surface area (Å²) in [6.07, 6.45) is 3.84. The van der Waals surface area contributed by atoms with Crippen molar-refractivity contribution in [2.75, 3.05) is 53.6 Å². The number of unbranched alkanes of at least 4 members (excludes halogenated alkanes) is 1. The van der Waals surface area contributed by atoms with Crippen LogP contribution in [0.3, 0.4) is 0 Å². The monoisotopic (exact) mass is 286 g/mol. The minimum absolute atomic E-state index is 0.242. The number of amides is 1. The van der Waals surface area contributed by atoms with Crippen molar-refractivity contribution in [3.63, 3.8) is 0 Å². The maximum Gasteiger partial charge on any atom is 0.231 e. The van der Waals surface area contributed by atoms with Crippen LogP contribution in [0.5, 0.6) is 0 Å². The predicted octanol–water partition coefficient (Wildman–Crippen LogP) is 1.28. The Balaban J connectivity index is 2.75. The molecule has 0 aliphatic carbocycles. The van der Waals surface area contributed by atoms with Crippen LogP contribution in [0.25, 0.3) is 0 Å². The van der Waals surface area contributed by atoms with Crippen LogP contribution in [0.4, 0.5) is 0 Å². The Hall–Kier alpha value is -0.650. The molecule has 0 atom stereocenters. The molecule has 1 N–H and O–H groups in total. The normalized spacial score (nSPS) is 17.9. The molecule has 0 saturated carbocycles. The average Bonchev–Trinajstić information content (AvgIpc) is 2.48. The SMILES string of the molecule is CCCCN(CCOC)C(=O)C1(COC)CCNCC1. The zero-order valence-electron chi connectivity index (χ0n) is 13.2. The van der Waals surface area contributed by atoms with Crippen molar-refractivity contribution in [2.24, 2.45) is 5.41 Å². The molecular weight excluding hydrogens is 256 g/mol. The van der Waals surface area contributed by atoms with Gasteiger partial charge in [0.05, 0.1) is 18.6 Å². The minimum atomic E-state index is -0.346. The van der Waals surface area contributed by atoms with Crippen LogP contribution < -0.4 is 5.32 Å². The van der Waals surface area contributed by atoms with Crippen LogP contribution in [-0.4, -0.2) is 64.4 Å². The molecule has 1 saturated heterocycles. The van der Waals surface area contributed by atoms with Gasteiger partial charge in [-0.15, -0.1) is 0 Å². The van der Waals surface area contributed by atoms with Crippen molar-refractivity contribution in [2.45, 2.75) is 32.6 Å². The molecule has 0 unspecified atom stereocenters. The highest BCUT2D eigenvalue weighted by molar-refractivity contribution is 5.83. The lowest BCUT2D eigenvalue weighted by molar-refractivity contribution is -0.148.